The summed E-state index contributed by atoms with van der Waals surface area (Å²) in [5.74, 6) is 0.992. The van der Waals surface area contributed by atoms with Crippen molar-refractivity contribution in [3.8, 4) is 22.8 Å². The number of fused-ring (bicyclic) bond motifs is 1. The molecule has 0 saturated carbocycles. The summed E-state index contributed by atoms with van der Waals surface area (Å²) in [7, 11) is 0. The molecule has 1 unspecified atom stereocenters. The lowest BCUT2D eigenvalue weighted by Crippen LogP contribution is -2.40. The molecule has 2 aromatic carbocycles. The van der Waals surface area contributed by atoms with Gasteiger partial charge in [-0.15, -0.1) is 11.3 Å². The molecular formula is C18H14N2O3S. The van der Waals surface area contributed by atoms with E-state index in [9.17, 15) is 4.79 Å². The number of amides is 1. The summed E-state index contributed by atoms with van der Waals surface area (Å²) in [5, 5.41) is 3.60. The first kappa shape index (κ1) is 14.7. The number of benzene rings is 2. The largest absolute Gasteiger partial charge is 0.485 e. The van der Waals surface area contributed by atoms with E-state index in [-0.39, 0.29) is 12.5 Å². The Bertz CT molecular complexity index is 863. The molecule has 6 heteroatoms. The highest BCUT2D eigenvalue weighted by atomic mass is 32.1. The number of rotatable bonds is 3. The van der Waals surface area contributed by atoms with Gasteiger partial charge in [-0.05, 0) is 12.1 Å². The number of aromatic nitrogens is 1. The van der Waals surface area contributed by atoms with Crippen LogP contribution < -0.4 is 14.8 Å². The molecule has 24 heavy (non-hydrogen) atoms. The van der Waals surface area contributed by atoms with Crippen molar-refractivity contribution in [2.45, 2.75) is 6.10 Å². The quantitative estimate of drug-likeness (QED) is 0.793. The van der Waals surface area contributed by atoms with Crippen LogP contribution in [0.4, 0.5) is 5.00 Å². The van der Waals surface area contributed by atoms with Crippen LogP contribution in [0.2, 0.25) is 0 Å². The topological polar surface area (TPSA) is 60.5 Å². The minimum absolute atomic E-state index is 0.183. The van der Waals surface area contributed by atoms with Crippen LogP contribution in [0.5, 0.6) is 11.5 Å². The summed E-state index contributed by atoms with van der Waals surface area (Å²) in [5.41, 5.74) is 3.43. The van der Waals surface area contributed by atoms with Gasteiger partial charge in [0.15, 0.2) is 11.5 Å². The number of thiazole rings is 1. The maximum Gasteiger partial charge on any atom is 0.269 e. The smallest absolute Gasteiger partial charge is 0.269 e. The number of hydrogen-bond acceptors (Lipinski definition) is 5. The number of carbonyl (C=O) groups is 1. The van der Waals surface area contributed by atoms with Gasteiger partial charge in [0.1, 0.15) is 17.3 Å². The monoisotopic (exact) mass is 338 g/mol. The van der Waals surface area contributed by atoms with Gasteiger partial charge in [-0.2, -0.15) is 0 Å². The molecule has 0 bridgehead atoms. The molecule has 2 heterocycles. The van der Waals surface area contributed by atoms with Gasteiger partial charge in [0.25, 0.3) is 5.91 Å². The zero-order chi connectivity index (χ0) is 16.4. The zero-order valence-electron chi connectivity index (χ0n) is 12.6. The Morgan fingerprint density at radius 1 is 1.08 bits per heavy atom. The lowest BCUT2D eigenvalue weighted by Gasteiger charge is -2.25. The minimum Gasteiger partial charge on any atom is -0.485 e. The first-order chi connectivity index (χ1) is 11.8. The maximum absolute atomic E-state index is 12.5. The van der Waals surface area contributed by atoms with E-state index in [2.05, 4.69) is 10.3 Å². The molecule has 1 amide bonds. The highest BCUT2D eigenvalue weighted by Crippen LogP contribution is 2.33. The molecule has 1 N–H and O–H groups in total. The summed E-state index contributed by atoms with van der Waals surface area (Å²) in [6.45, 7) is 0.183. The molecule has 3 aromatic rings. The summed E-state index contributed by atoms with van der Waals surface area (Å²) < 4.78 is 11.3. The van der Waals surface area contributed by atoms with Crippen LogP contribution in [0.25, 0.3) is 11.3 Å². The molecule has 0 fully saturated rings. The van der Waals surface area contributed by atoms with E-state index in [4.69, 9.17) is 9.47 Å². The van der Waals surface area contributed by atoms with Gasteiger partial charge >= 0.3 is 0 Å². The highest BCUT2D eigenvalue weighted by molar-refractivity contribution is 7.14. The zero-order valence-corrected chi connectivity index (χ0v) is 13.5. The maximum atomic E-state index is 12.5. The predicted octanol–water partition coefficient (Wildman–Crippen LogP) is 3.59. The number of hydrogen-bond donors (Lipinski definition) is 1. The van der Waals surface area contributed by atoms with E-state index >= 15 is 0 Å². The first-order valence-corrected chi connectivity index (χ1v) is 8.37. The number of anilines is 1. The van der Waals surface area contributed by atoms with Crippen LogP contribution in [0.3, 0.4) is 0 Å². The van der Waals surface area contributed by atoms with Crippen molar-refractivity contribution in [1.82, 2.24) is 4.98 Å². The number of carbonyl (C=O) groups excluding carboxylic acids is 1. The molecule has 0 saturated heterocycles. The molecule has 0 aliphatic carbocycles. The Hall–Kier alpha value is -2.86. The number of para-hydroxylation sites is 2. The molecule has 1 aliphatic rings. The highest BCUT2D eigenvalue weighted by Gasteiger charge is 2.28. The van der Waals surface area contributed by atoms with Crippen LogP contribution in [-0.2, 0) is 4.79 Å². The molecular weight excluding hydrogens is 324 g/mol. The van der Waals surface area contributed by atoms with Crippen LogP contribution >= 0.6 is 11.3 Å². The summed E-state index contributed by atoms with van der Waals surface area (Å²) in [6.07, 6.45) is -0.689. The fourth-order valence-corrected chi connectivity index (χ4v) is 3.18. The number of nitrogens with zero attached hydrogens (tertiary/aromatic N) is 1. The number of nitrogens with one attached hydrogen (secondary N) is 1. The first-order valence-electron chi connectivity index (χ1n) is 7.49. The number of ether oxygens (including phenoxy) is 2. The fourth-order valence-electron chi connectivity index (χ4n) is 2.48. The van der Waals surface area contributed by atoms with E-state index in [1.54, 1.807) is 11.6 Å². The van der Waals surface area contributed by atoms with Gasteiger partial charge in [-0.3, -0.25) is 4.79 Å². The van der Waals surface area contributed by atoms with E-state index in [0.717, 1.165) is 11.3 Å². The van der Waals surface area contributed by atoms with E-state index in [1.165, 1.54) is 11.3 Å². The van der Waals surface area contributed by atoms with Crippen molar-refractivity contribution in [3.63, 3.8) is 0 Å². The summed E-state index contributed by atoms with van der Waals surface area (Å²) >= 11 is 1.38. The average Bonchev–Trinajstić information content (AvgIpc) is 3.10. The molecule has 0 spiro atoms. The lowest BCUT2D eigenvalue weighted by molar-refractivity contribution is -0.125. The van der Waals surface area contributed by atoms with Crippen molar-refractivity contribution in [2.24, 2.45) is 0 Å². The van der Waals surface area contributed by atoms with Gasteiger partial charge in [-0.25, -0.2) is 4.98 Å². The van der Waals surface area contributed by atoms with Gasteiger partial charge in [0.05, 0.1) is 5.51 Å². The van der Waals surface area contributed by atoms with Crippen LogP contribution in [0, 0.1) is 0 Å². The van der Waals surface area contributed by atoms with E-state index < -0.39 is 6.10 Å². The molecule has 0 radical (unpaired) electrons. The van der Waals surface area contributed by atoms with Crippen molar-refractivity contribution in [1.29, 1.82) is 0 Å². The van der Waals surface area contributed by atoms with Gasteiger partial charge in [0, 0.05) is 5.56 Å². The third kappa shape index (κ3) is 2.83. The van der Waals surface area contributed by atoms with Crippen molar-refractivity contribution >= 4 is 22.2 Å². The Morgan fingerprint density at radius 2 is 1.83 bits per heavy atom. The molecule has 120 valence electrons. The molecule has 5 nitrogen and oxygen atoms in total. The van der Waals surface area contributed by atoms with Gasteiger partial charge in [0.2, 0.25) is 6.10 Å². The van der Waals surface area contributed by atoms with E-state index in [1.807, 2.05) is 48.5 Å². The second kappa shape index (κ2) is 6.33. The van der Waals surface area contributed by atoms with Gasteiger partial charge in [-0.1, -0.05) is 42.5 Å². The van der Waals surface area contributed by atoms with Crippen LogP contribution in [0.15, 0.2) is 60.1 Å². The molecule has 1 atom stereocenters. The second-order valence-corrected chi connectivity index (χ2v) is 6.10. The second-order valence-electron chi connectivity index (χ2n) is 5.25. The Morgan fingerprint density at radius 3 is 2.67 bits per heavy atom. The van der Waals surface area contributed by atoms with Crippen LogP contribution in [0.1, 0.15) is 0 Å². The Balaban J connectivity index is 1.51. The SMILES string of the molecule is O=C(Nc1scnc1-c1ccccc1)C1COc2ccccc2O1. The van der Waals surface area contributed by atoms with Crippen molar-refractivity contribution in [3.05, 3.63) is 60.1 Å². The van der Waals surface area contributed by atoms with Crippen LogP contribution in [-0.4, -0.2) is 23.6 Å². The standard InChI is InChI=1S/C18H14N2O3S/c21-17(15-10-22-13-8-4-5-9-14(13)23-15)20-18-16(19-11-24-18)12-6-2-1-3-7-12/h1-9,11,15H,10H2,(H,20,21). The molecule has 4 rings (SSSR count). The normalized spacial score (nSPS) is 15.8. The third-order valence-corrected chi connectivity index (χ3v) is 4.39. The Labute approximate surface area is 142 Å². The van der Waals surface area contributed by atoms with Crippen molar-refractivity contribution in [2.75, 3.05) is 11.9 Å². The third-order valence-electron chi connectivity index (χ3n) is 3.65. The summed E-state index contributed by atoms with van der Waals surface area (Å²) in [6, 6.07) is 17.1. The summed E-state index contributed by atoms with van der Waals surface area (Å²) in [4.78, 5) is 16.9. The molecule has 1 aliphatic heterocycles. The molecule has 1 aromatic heterocycles. The predicted molar refractivity (Wildman–Crippen MR) is 92.5 cm³/mol. The Kier molecular flexibility index (Phi) is 3.88. The van der Waals surface area contributed by atoms with Crippen molar-refractivity contribution < 1.29 is 14.3 Å². The average molecular weight is 338 g/mol. The van der Waals surface area contributed by atoms with Gasteiger partial charge < -0.3 is 14.8 Å². The lowest BCUT2D eigenvalue weighted by atomic mass is 10.1. The fraction of sp³-hybridized carbons (Fsp3) is 0.111. The minimum atomic E-state index is -0.689. The van der Waals surface area contributed by atoms with E-state index in [0.29, 0.717) is 16.5 Å².